The topological polar surface area (TPSA) is 91.3 Å². The first kappa shape index (κ1) is 23.2. The summed E-state index contributed by atoms with van der Waals surface area (Å²) in [6.07, 6.45) is 0. The minimum Gasteiger partial charge on any atom is -0.741 e. The highest BCUT2D eigenvalue weighted by molar-refractivity contribution is 7.86. The maximum Gasteiger partial charge on any atom is 0.485 e. The molecule has 2 aromatic carbocycles. The highest BCUT2D eigenvalue weighted by Gasteiger charge is 2.36. The predicted molar refractivity (Wildman–Crippen MR) is 86.0 cm³/mol. The van der Waals surface area contributed by atoms with E-state index in [0.29, 0.717) is 0 Å². The molecule has 0 atom stereocenters. The molecule has 0 saturated heterocycles. The number of benzene rings is 2. The first-order chi connectivity index (χ1) is 12.3. The molecule has 2 rings (SSSR count). The van der Waals surface area contributed by atoms with Gasteiger partial charge in [0.1, 0.15) is 0 Å². The van der Waals surface area contributed by atoms with Gasteiger partial charge in [0.25, 0.3) is 0 Å². The van der Waals surface area contributed by atoms with Gasteiger partial charge in [-0.1, -0.05) is 24.3 Å². The van der Waals surface area contributed by atoms with E-state index in [4.69, 9.17) is 13.0 Å². The smallest absolute Gasteiger partial charge is 0.485 e. The van der Waals surface area contributed by atoms with Gasteiger partial charge in [-0.25, -0.2) is 8.42 Å². The molecule has 0 amide bonds. The molecule has 27 heavy (non-hydrogen) atoms. The molecule has 146 valence electrons. The fourth-order valence-corrected chi connectivity index (χ4v) is 4.87. The Labute approximate surface area is 164 Å². The predicted octanol–water partition coefficient (Wildman–Crippen LogP) is 0.272. The van der Waals surface area contributed by atoms with E-state index in [2.05, 4.69) is 0 Å². The number of rotatable bonds is 4. The number of ketones is 2. The van der Waals surface area contributed by atoms with Gasteiger partial charge in [-0.3, -0.25) is 9.59 Å². The van der Waals surface area contributed by atoms with Crippen molar-refractivity contribution in [1.29, 1.82) is 0 Å². The Morgan fingerprint density at radius 1 is 0.852 bits per heavy atom. The highest BCUT2D eigenvalue weighted by Crippen LogP contribution is 2.20. The summed E-state index contributed by atoms with van der Waals surface area (Å²) in [4.78, 5) is 23.3. The molecule has 0 unspecified atom stereocenters. The van der Waals surface area contributed by atoms with E-state index in [1.165, 1.54) is 0 Å². The Bertz CT molecular complexity index is 884. The molecular weight excluding hydrogens is 500 g/mol. The molecule has 0 N–H and O–H groups in total. The van der Waals surface area contributed by atoms with Gasteiger partial charge < -0.3 is 4.55 Å². The second-order valence-corrected chi connectivity index (χ2v) is 9.30. The summed E-state index contributed by atoms with van der Waals surface area (Å²) in [5.74, 6) is 0.159. The van der Waals surface area contributed by atoms with Crippen LogP contribution >= 0.6 is 0 Å². The first-order valence-electron chi connectivity index (χ1n) is 7.21. The molecule has 0 fully saturated rings. The zero-order valence-electron chi connectivity index (χ0n) is 14.1. The summed E-state index contributed by atoms with van der Waals surface area (Å²) < 4.78 is 61.0. The van der Waals surface area contributed by atoms with Crippen LogP contribution < -0.4 is 21.2 Å². The van der Waals surface area contributed by atoms with Crippen molar-refractivity contribution in [2.75, 3.05) is 0 Å². The molecule has 5 nitrogen and oxygen atoms in total. The molecule has 2 aromatic rings. The number of Topliss-reactive ketones (excluding diaryl/α,β-unsaturated/α-hetero) is 2. The third-order valence-corrected chi connectivity index (χ3v) is 6.60. The van der Waals surface area contributed by atoms with Gasteiger partial charge in [-0.05, 0) is 38.1 Å². The molecule has 0 aliphatic carbocycles. The summed E-state index contributed by atoms with van der Waals surface area (Å²) in [6.45, 7) is 3.17. The SMILES string of the molecule is CC(=O)c1ccccc1[I+]c1ccccc1C(C)=O.O=S(=O)([O-])C(F)(F)F. The van der Waals surface area contributed by atoms with E-state index in [0.717, 1.165) is 18.3 Å². The van der Waals surface area contributed by atoms with E-state index in [9.17, 15) is 22.8 Å². The molecule has 0 spiro atoms. The van der Waals surface area contributed by atoms with Crippen molar-refractivity contribution in [1.82, 2.24) is 0 Å². The number of hydrogen-bond acceptors (Lipinski definition) is 5. The van der Waals surface area contributed by atoms with Gasteiger partial charge in [0.15, 0.2) is 21.7 Å². The van der Waals surface area contributed by atoms with E-state index in [1.807, 2.05) is 48.5 Å². The largest absolute Gasteiger partial charge is 0.741 e. The molecular formula is C17H14F3IO5S. The highest BCUT2D eigenvalue weighted by atomic mass is 127. The molecule has 0 saturated carbocycles. The minimum atomic E-state index is -6.09. The summed E-state index contributed by atoms with van der Waals surface area (Å²) in [7, 11) is -6.09. The van der Waals surface area contributed by atoms with Crippen molar-refractivity contribution in [3.8, 4) is 0 Å². The maximum atomic E-state index is 11.6. The first-order valence-corrected chi connectivity index (χ1v) is 10.8. The monoisotopic (exact) mass is 514 g/mol. The van der Waals surface area contributed by atoms with Crippen molar-refractivity contribution in [3.63, 3.8) is 0 Å². The summed E-state index contributed by atoms with van der Waals surface area (Å²) in [6, 6.07) is 15.3. The Morgan fingerprint density at radius 3 is 1.41 bits per heavy atom. The average molecular weight is 514 g/mol. The van der Waals surface area contributed by atoms with Crippen LogP contribution in [0.3, 0.4) is 0 Å². The Kier molecular flexibility index (Phi) is 8.11. The van der Waals surface area contributed by atoms with Gasteiger partial charge >= 0.3 is 26.7 Å². The number of carbonyl (C=O) groups excluding carboxylic acids is 2. The van der Waals surface area contributed by atoms with Crippen molar-refractivity contribution in [3.05, 3.63) is 66.8 Å². The van der Waals surface area contributed by atoms with Crippen LogP contribution in [0.2, 0.25) is 0 Å². The quantitative estimate of drug-likeness (QED) is 0.253. The lowest BCUT2D eigenvalue weighted by molar-refractivity contribution is -0.597. The third kappa shape index (κ3) is 7.03. The van der Waals surface area contributed by atoms with Crippen molar-refractivity contribution in [2.45, 2.75) is 19.4 Å². The molecule has 0 radical (unpaired) electrons. The molecule has 0 bridgehead atoms. The Morgan fingerprint density at radius 2 is 1.15 bits per heavy atom. The number of halogens is 4. The standard InChI is InChI=1S/C16H14IO2.CHF3O3S/c1-11(18)13-7-3-5-9-15(13)17-16-10-6-4-8-14(16)12(2)19;2-1(3,4)8(5,6)7/h3-10H,1-2H3;(H,5,6,7)/q+1;/p-1. The third-order valence-electron chi connectivity index (χ3n) is 2.99. The van der Waals surface area contributed by atoms with E-state index >= 15 is 0 Å². The molecule has 10 heteroatoms. The summed E-state index contributed by atoms with van der Waals surface area (Å²) in [5, 5.41) is 0. The number of alkyl halides is 3. The fraction of sp³-hybridized carbons (Fsp3) is 0.176. The van der Waals surface area contributed by atoms with Crippen LogP contribution in [-0.2, 0) is 10.1 Å². The number of hydrogen-bond donors (Lipinski definition) is 0. The molecule has 0 aliphatic rings. The van der Waals surface area contributed by atoms with Crippen LogP contribution in [0.25, 0.3) is 0 Å². The zero-order chi connectivity index (χ0) is 20.8. The Hall–Kier alpha value is -1.79. The normalized spacial score (nSPS) is 11.3. The second-order valence-electron chi connectivity index (χ2n) is 5.07. The number of carbonyl (C=O) groups is 2. The van der Waals surface area contributed by atoms with E-state index < -0.39 is 36.8 Å². The maximum absolute atomic E-state index is 11.6. The summed E-state index contributed by atoms with van der Waals surface area (Å²) in [5.41, 5.74) is -4.10. The van der Waals surface area contributed by atoms with Gasteiger partial charge in [0, 0.05) is 0 Å². The molecule has 0 aliphatic heterocycles. The van der Waals surface area contributed by atoms with Crippen LogP contribution in [0.15, 0.2) is 48.5 Å². The van der Waals surface area contributed by atoms with E-state index in [1.54, 1.807) is 13.8 Å². The minimum absolute atomic E-state index is 0.0793. The van der Waals surface area contributed by atoms with Crippen molar-refractivity contribution in [2.24, 2.45) is 0 Å². The second kappa shape index (κ2) is 9.42. The van der Waals surface area contributed by atoms with E-state index in [-0.39, 0.29) is 11.6 Å². The lowest BCUT2D eigenvalue weighted by Crippen LogP contribution is -3.62. The van der Waals surface area contributed by atoms with Crippen molar-refractivity contribution < 1.29 is 56.9 Å². The Balaban J connectivity index is 0.000000387. The molecule has 0 aromatic heterocycles. The van der Waals surface area contributed by atoms with Crippen molar-refractivity contribution >= 4 is 21.7 Å². The lowest BCUT2D eigenvalue weighted by Gasteiger charge is -2.08. The lowest BCUT2D eigenvalue weighted by atomic mass is 10.2. The van der Waals surface area contributed by atoms with Crippen LogP contribution in [-0.4, -0.2) is 30.0 Å². The zero-order valence-corrected chi connectivity index (χ0v) is 17.1. The van der Waals surface area contributed by atoms with Crippen LogP contribution in [0.1, 0.15) is 34.6 Å². The fourth-order valence-electron chi connectivity index (χ4n) is 1.77. The van der Waals surface area contributed by atoms with Gasteiger partial charge in [0.05, 0.1) is 11.1 Å². The van der Waals surface area contributed by atoms with Gasteiger partial charge in [0.2, 0.25) is 7.14 Å². The summed E-state index contributed by atoms with van der Waals surface area (Å²) >= 11 is -0.523. The van der Waals surface area contributed by atoms with Crippen LogP contribution in [0.4, 0.5) is 13.2 Å². The van der Waals surface area contributed by atoms with Gasteiger partial charge in [-0.2, -0.15) is 13.2 Å². The van der Waals surface area contributed by atoms with Crippen LogP contribution in [0.5, 0.6) is 0 Å². The average Bonchev–Trinajstić information content (AvgIpc) is 2.54. The van der Waals surface area contributed by atoms with Gasteiger partial charge in [-0.15, -0.1) is 0 Å². The molecule has 0 heterocycles. The van der Waals surface area contributed by atoms with Crippen LogP contribution in [0, 0.1) is 7.14 Å².